The van der Waals surface area contributed by atoms with Gasteiger partial charge in [-0.1, -0.05) is 36.4 Å². The van der Waals surface area contributed by atoms with Crippen LogP contribution in [0, 0.1) is 0 Å². The van der Waals surface area contributed by atoms with Crippen molar-refractivity contribution in [2.75, 3.05) is 26.2 Å². The number of rotatable bonds is 6. The average Bonchev–Trinajstić information content (AvgIpc) is 2.77. The van der Waals surface area contributed by atoms with Crippen molar-refractivity contribution in [1.82, 2.24) is 15.2 Å². The van der Waals surface area contributed by atoms with Crippen molar-refractivity contribution >= 4 is 16.8 Å². The van der Waals surface area contributed by atoms with Gasteiger partial charge in [0.2, 0.25) is 0 Å². The number of ether oxygens (including phenoxy) is 1. The number of hydrogen-bond donors (Lipinski definition) is 1. The maximum atomic E-state index is 12.5. The quantitative estimate of drug-likeness (QED) is 0.670. The van der Waals surface area contributed by atoms with Gasteiger partial charge in [-0.25, -0.2) is 0 Å². The van der Waals surface area contributed by atoms with Crippen LogP contribution in [0.2, 0.25) is 0 Å². The molecule has 1 aromatic heterocycles. The van der Waals surface area contributed by atoms with Gasteiger partial charge in [0.05, 0.1) is 0 Å². The first-order valence-corrected chi connectivity index (χ1v) is 9.85. The molecule has 0 spiro atoms. The Bertz CT molecular complexity index is 916. The van der Waals surface area contributed by atoms with Crippen LogP contribution >= 0.6 is 0 Å². The lowest BCUT2D eigenvalue weighted by Gasteiger charge is -2.32. The molecule has 28 heavy (non-hydrogen) atoms. The van der Waals surface area contributed by atoms with Crippen molar-refractivity contribution in [2.24, 2.45) is 0 Å². The van der Waals surface area contributed by atoms with Gasteiger partial charge in [0.1, 0.15) is 17.9 Å². The Morgan fingerprint density at radius 2 is 1.82 bits per heavy atom. The van der Waals surface area contributed by atoms with Crippen LogP contribution in [0.15, 0.2) is 66.9 Å². The highest BCUT2D eigenvalue weighted by molar-refractivity contribution is 5.94. The fourth-order valence-electron chi connectivity index (χ4n) is 3.67. The molecule has 0 saturated carbocycles. The third kappa shape index (κ3) is 4.31. The van der Waals surface area contributed by atoms with Crippen LogP contribution in [-0.2, 0) is 0 Å². The molecule has 144 valence electrons. The van der Waals surface area contributed by atoms with Crippen LogP contribution in [0.1, 0.15) is 23.2 Å². The molecule has 1 saturated heterocycles. The summed E-state index contributed by atoms with van der Waals surface area (Å²) in [7, 11) is 0. The number of likely N-dealkylation sites (tertiary alicyclic amines) is 1. The van der Waals surface area contributed by atoms with Crippen LogP contribution in [-0.4, -0.2) is 48.1 Å². The molecule has 1 amide bonds. The zero-order valence-electron chi connectivity index (χ0n) is 15.9. The number of amides is 1. The number of pyridine rings is 1. The molecule has 0 aliphatic carbocycles. The molecular weight excluding hydrogens is 350 g/mol. The minimum Gasteiger partial charge on any atom is -0.490 e. The number of carbonyl (C=O) groups excluding carboxylic acids is 1. The number of benzene rings is 2. The molecule has 5 nitrogen and oxygen atoms in total. The van der Waals surface area contributed by atoms with Gasteiger partial charge in [-0.15, -0.1) is 0 Å². The standard InChI is InChI=1S/C23H25N3O2/c27-23(19-6-2-1-3-7-19)26-15-11-20(12-16-26)24-14-17-28-21-10-4-8-18-9-5-13-25-22(18)21/h1-10,13,20,24H,11-12,14-17H2. The van der Waals surface area contributed by atoms with Crippen LogP contribution in [0.5, 0.6) is 5.75 Å². The lowest BCUT2D eigenvalue weighted by molar-refractivity contribution is 0.0704. The number of aromatic nitrogens is 1. The predicted molar refractivity (Wildman–Crippen MR) is 111 cm³/mol. The van der Waals surface area contributed by atoms with E-state index in [1.165, 1.54) is 0 Å². The fraction of sp³-hybridized carbons (Fsp3) is 0.304. The molecule has 1 fully saturated rings. The Kier molecular flexibility index (Phi) is 5.83. The summed E-state index contributed by atoms with van der Waals surface area (Å²) in [5.41, 5.74) is 1.67. The maximum absolute atomic E-state index is 12.5. The summed E-state index contributed by atoms with van der Waals surface area (Å²) in [6, 6.07) is 19.9. The molecule has 3 aromatic rings. The van der Waals surface area contributed by atoms with E-state index in [-0.39, 0.29) is 5.91 Å². The molecule has 4 rings (SSSR count). The second-order valence-electron chi connectivity index (χ2n) is 7.07. The van der Waals surface area contributed by atoms with Gasteiger partial charge in [-0.05, 0) is 37.1 Å². The van der Waals surface area contributed by atoms with E-state index < -0.39 is 0 Å². The lowest BCUT2D eigenvalue weighted by Crippen LogP contribution is -2.45. The van der Waals surface area contributed by atoms with Crippen LogP contribution in [0.25, 0.3) is 10.9 Å². The first kappa shape index (κ1) is 18.4. The molecule has 0 atom stereocenters. The summed E-state index contributed by atoms with van der Waals surface area (Å²) in [4.78, 5) is 18.9. The molecule has 1 aliphatic rings. The maximum Gasteiger partial charge on any atom is 0.253 e. The second-order valence-corrected chi connectivity index (χ2v) is 7.07. The topological polar surface area (TPSA) is 54.5 Å². The van der Waals surface area contributed by atoms with Gasteiger partial charge in [0.15, 0.2) is 0 Å². The van der Waals surface area contributed by atoms with Crippen molar-refractivity contribution < 1.29 is 9.53 Å². The first-order valence-electron chi connectivity index (χ1n) is 9.85. The Hall–Kier alpha value is -2.92. The number of fused-ring (bicyclic) bond motifs is 1. The van der Waals surface area contributed by atoms with Gasteiger partial charge in [-0.2, -0.15) is 0 Å². The minimum absolute atomic E-state index is 0.130. The highest BCUT2D eigenvalue weighted by atomic mass is 16.5. The first-order chi connectivity index (χ1) is 13.8. The molecule has 0 bridgehead atoms. The van der Waals surface area contributed by atoms with Crippen molar-refractivity contribution in [3.8, 4) is 5.75 Å². The van der Waals surface area contributed by atoms with E-state index in [2.05, 4.69) is 10.3 Å². The zero-order chi connectivity index (χ0) is 19.2. The number of piperidine rings is 1. The Balaban J connectivity index is 1.21. The molecule has 2 heterocycles. The van der Waals surface area contributed by atoms with Crippen molar-refractivity contribution in [2.45, 2.75) is 18.9 Å². The Labute approximate surface area is 165 Å². The van der Waals surface area contributed by atoms with Gasteiger partial charge >= 0.3 is 0 Å². The predicted octanol–water partition coefficient (Wildman–Crippen LogP) is 3.51. The van der Waals surface area contributed by atoms with E-state index in [1.54, 1.807) is 6.20 Å². The van der Waals surface area contributed by atoms with Crippen molar-refractivity contribution in [3.05, 3.63) is 72.4 Å². The third-order valence-corrected chi connectivity index (χ3v) is 5.19. The van der Waals surface area contributed by atoms with Gasteiger partial charge in [0, 0.05) is 42.8 Å². The van der Waals surface area contributed by atoms with Gasteiger partial charge in [-0.3, -0.25) is 9.78 Å². The normalized spacial score (nSPS) is 14.9. The van der Waals surface area contributed by atoms with Gasteiger partial charge in [0.25, 0.3) is 5.91 Å². The number of carbonyl (C=O) groups is 1. The van der Waals surface area contributed by atoms with E-state index >= 15 is 0 Å². The summed E-state index contributed by atoms with van der Waals surface area (Å²) in [5.74, 6) is 0.953. The summed E-state index contributed by atoms with van der Waals surface area (Å²) in [6.07, 6.45) is 3.72. The molecule has 2 aromatic carbocycles. The van der Waals surface area contributed by atoms with E-state index in [9.17, 15) is 4.79 Å². The summed E-state index contributed by atoms with van der Waals surface area (Å²) < 4.78 is 5.94. The molecule has 1 N–H and O–H groups in total. The SMILES string of the molecule is O=C(c1ccccc1)N1CCC(NCCOc2cccc3cccnc23)CC1. The van der Waals surface area contributed by atoms with E-state index in [0.717, 1.165) is 54.7 Å². The number of nitrogens with zero attached hydrogens (tertiary/aromatic N) is 2. The van der Waals surface area contributed by atoms with Crippen LogP contribution in [0.4, 0.5) is 0 Å². The van der Waals surface area contributed by atoms with Crippen LogP contribution < -0.4 is 10.1 Å². The highest BCUT2D eigenvalue weighted by Crippen LogP contribution is 2.22. The Morgan fingerprint density at radius 1 is 1.04 bits per heavy atom. The summed E-state index contributed by atoms with van der Waals surface area (Å²) in [5, 5.41) is 4.64. The average molecular weight is 375 g/mol. The minimum atomic E-state index is 0.130. The largest absolute Gasteiger partial charge is 0.490 e. The van der Waals surface area contributed by atoms with E-state index in [4.69, 9.17) is 4.74 Å². The zero-order valence-corrected chi connectivity index (χ0v) is 15.9. The van der Waals surface area contributed by atoms with Crippen LogP contribution in [0.3, 0.4) is 0 Å². The molecule has 5 heteroatoms. The van der Waals surface area contributed by atoms with Crippen molar-refractivity contribution in [3.63, 3.8) is 0 Å². The smallest absolute Gasteiger partial charge is 0.253 e. The molecule has 0 unspecified atom stereocenters. The number of para-hydroxylation sites is 1. The monoisotopic (exact) mass is 375 g/mol. The Morgan fingerprint density at radius 3 is 2.64 bits per heavy atom. The molecule has 1 aliphatic heterocycles. The molecular formula is C23H25N3O2. The van der Waals surface area contributed by atoms with Gasteiger partial charge < -0.3 is 15.0 Å². The fourth-order valence-corrected chi connectivity index (χ4v) is 3.67. The lowest BCUT2D eigenvalue weighted by atomic mass is 10.0. The summed E-state index contributed by atoms with van der Waals surface area (Å²) in [6.45, 7) is 2.96. The third-order valence-electron chi connectivity index (χ3n) is 5.19. The summed E-state index contributed by atoms with van der Waals surface area (Å²) >= 11 is 0. The van der Waals surface area contributed by atoms with E-state index in [1.807, 2.05) is 65.6 Å². The number of hydrogen-bond acceptors (Lipinski definition) is 4. The number of nitrogens with one attached hydrogen (secondary N) is 1. The highest BCUT2D eigenvalue weighted by Gasteiger charge is 2.23. The second kappa shape index (κ2) is 8.85. The molecule has 0 radical (unpaired) electrons. The van der Waals surface area contributed by atoms with E-state index in [0.29, 0.717) is 12.6 Å². The van der Waals surface area contributed by atoms with Crippen molar-refractivity contribution in [1.29, 1.82) is 0 Å².